The van der Waals surface area contributed by atoms with Gasteiger partial charge in [0, 0.05) is 31.1 Å². The second-order valence-corrected chi connectivity index (χ2v) is 10.6. The first-order chi connectivity index (χ1) is 20.0. The van der Waals surface area contributed by atoms with Crippen molar-refractivity contribution in [1.29, 1.82) is 0 Å². The molecule has 0 radical (unpaired) electrons. The highest BCUT2D eigenvalue weighted by molar-refractivity contribution is 7.85. The van der Waals surface area contributed by atoms with Crippen LogP contribution in [0.1, 0.15) is 18.2 Å². The van der Waals surface area contributed by atoms with E-state index in [1.165, 1.54) is 37.4 Å². The molecule has 228 valence electrons. The van der Waals surface area contributed by atoms with Gasteiger partial charge in [-0.3, -0.25) is 9.54 Å². The van der Waals surface area contributed by atoms with Crippen LogP contribution in [0.25, 0.3) is 22.6 Å². The number of imidazole rings is 2. The van der Waals surface area contributed by atoms with Crippen LogP contribution in [0, 0.1) is 0 Å². The highest BCUT2D eigenvalue weighted by Gasteiger charge is 2.33. The average Bonchev–Trinajstić information content (AvgIpc) is 3.54. The Balaban J connectivity index is 0.000000641. The third kappa shape index (κ3) is 8.01. The Kier molecular flexibility index (Phi) is 8.68. The van der Waals surface area contributed by atoms with Crippen molar-refractivity contribution in [3.63, 3.8) is 0 Å². The van der Waals surface area contributed by atoms with Gasteiger partial charge in [0.1, 0.15) is 22.9 Å². The summed E-state index contributed by atoms with van der Waals surface area (Å²) in [7, 11) is -1.92. The van der Waals surface area contributed by atoms with Crippen molar-refractivity contribution in [3.05, 3.63) is 78.2 Å². The number of aromatic nitrogens is 5. The molecule has 2 aromatic carbocycles. The van der Waals surface area contributed by atoms with E-state index < -0.39 is 33.7 Å². The summed E-state index contributed by atoms with van der Waals surface area (Å²) in [6.45, 7) is 1.37. The van der Waals surface area contributed by atoms with Gasteiger partial charge in [0.25, 0.3) is 10.1 Å². The van der Waals surface area contributed by atoms with Crippen LogP contribution in [-0.2, 0) is 29.5 Å². The Labute approximate surface area is 240 Å². The average molecular weight is 629 g/mol. The number of fused-ring (bicyclic) bond motifs is 1. The molecule has 0 aliphatic carbocycles. The zero-order valence-electron chi connectivity index (χ0n) is 22.2. The molecule has 0 bridgehead atoms. The standard InChI is InChI=1S/C24H16F6N6O.C2H6O3S/c1-36-19-7-6-15(10-17(19)34-22(36)33-14-4-2-13(3-5-14)23(25,26)27)37-16-8-9-31-18(11-16)21-32-12-20(35-21)24(28,29)30;1-2-6(3,4)5/h2-12H,1H3,(H,32,35)(H,33,34);2H2,1H3,(H,3,4,5). The number of halogens is 6. The number of aromatic amines is 1. The highest BCUT2D eigenvalue weighted by Crippen LogP contribution is 2.33. The third-order valence-corrected chi connectivity index (χ3v) is 6.51. The molecule has 3 aromatic heterocycles. The molecular formula is C26H22F6N6O4S. The van der Waals surface area contributed by atoms with Crippen molar-refractivity contribution in [2.45, 2.75) is 19.3 Å². The minimum absolute atomic E-state index is 0.0584. The molecule has 5 rings (SSSR count). The number of hydrogen-bond donors (Lipinski definition) is 3. The lowest BCUT2D eigenvalue weighted by Crippen LogP contribution is -2.05. The smallest absolute Gasteiger partial charge is 0.432 e. The topological polar surface area (TPSA) is 135 Å². The van der Waals surface area contributed by atoms with Crippen molar-refractivity contribution in [1.82, 2.24) is 24.5 Å². The number of aryl methyl sites for hydroxylation is 1. The minimum Gasteiger partial charge on any atom is -0.457 e. The largest absolute Gasteiger partial charge is 0.457 e. The zero-order valence-corrected chi connectivity index (χ0v) is 23.0. The molecule has 0 fully saturated rings. The normalized spacial score (nSPS) is 12.1. The summed E-state index contributed by atoms with van der Waals surface area (Å²) < 4.78 is 111. The van der Waals surface area contributed by atoms with E-state index in [1.54, 1.807) is 29.8 Å². The summed E-state index contributed by atoms with van der Waals surface area (Å²) in [6, 6.07) is 12.7. The lowest BCUT2D eigenvalue weighted by atomic mass is 10.2. The summed E-state index contributed by atoms with van der Waals surface area (Å²) in [5.74, 6) is 0.855. The monoisotopic (exact) mass is 628 g/mol. The Morgan fingerprint density at radius 2 is 1.60 bits per heavy atom. The van der Waals surface area contributed by atoms with Crippen LogP contribution in [0.4, 0.5) is 38.0 Å². The first kappa shape index (κ1) is 31.3. The Bertz CT molecular complexity index is 1830. The molecule has 0 spiro atoms. The number of pyridine rings is 1. The van der Waals surface area contributed by atoms with Crippen LogP contribution in [0.5, 0.6) is 11.5 Å². The van der Waals surface area contributed by atoms with Crippen LogP contribution in [0.2, 0.25) is 0 Å². The summed E-state index contributed by atoms with van der Waals surface area (Å²) in [6.07, 6.45) is -6.91. The summed E-state index contributed by atoms with van der Waals surface area (Å²) in [5, 5.41) is 2.99. The molecule has 0 amide bonds. The first-order valence-electron chi connectivity index (χ1n) is 12.2. The number of alkyl halides is 6. The van der Waals surface area contributed by atoms with Crippen molar-refractivity contribution in [2.75, 3.05) is 11.1 Å². The number of rotatable bonds is 6. The molecule has 10 nitrogen and oxygen atoms in total. The number of benzene rings is 2. The van der Waals surface area contributed by atoms with Gasteiger partial charge in [-0.2, -0.15) is 34.8 Å². The van der Waals surface area contributed by atoms with Crippen LogP contribution in [0.15, 0.2) is 67.0 Å². The van der Waals surface area contributed by atoms with E-state index >= 15 is 0 Å². The van der Waals surface area contributed by atoms with Crippen molar-refractivity contribution in [3.8, 4) is 23.0 Å². The minimum atomic E-state index is -4.56. The summed E-state index contributed by atoms with van der Waals surface area (Å²) >= 11 is 0. The fourth-order valence-electron chi connectivity index (χ4n) is 3.56. The van der Waals surface area contributed by atoms with Crippen LogP contribution in [0.3, 0.4) is 0 Å². The molecule has 0 aliphatic heterocycles. The van der Waals surface area contributed by atoms with Crippen molar-refractivity contribution in [2.24, 2.45) is 7.05 Å². The fourth-order valence-corrected chi connectivity index (χ4v) is 3.56. The van der Waals surface area contributed by atoms with Crippen LogP contribution >= 0.6 is 0 Å². The number of nitrogens with zero attached hydrogens (tertiary/aromatic N) is 4. The van der Waals surface area contributed by atoms with E-state index in [9.17, 15) is 34.8 Å². The quantitative estimate of drug-likeness (QED) is 0.138. The van der Waals surface area contributed by atoms with Crippen LogP contribution in [-0.4, -0.2) is 43.2 Å². The van der Waals surface area contributed by atoms with Crippen molar-refractivity contribution >= 4 is 32.8 Å². The predicted molar refractivity (Wildman–Crippen MR) is 144 cm³/mol. The maximum absolute atomic E-state index is 12.9. The molecule has 0 saturated heterocycles. The molecular weight excluding hydrogens is 606 g/mol. The molecule has 17 heteroatoms. The van der Waals surface area contributed by atoms with E-state index in [4.69, 9.17) is 9.29 Å². The molecule has 0 atom stereocenters. The molecule has 43 heavy (non-hydrogen) atoms. The summed E-state index contributed by atoms with van der Waals surface area (Å²) in [4.78, 5) is 14.5. The van der Waals surface area contributed by atoms with Crippen molar-refractivity contribution < 1.29 is 44.0 Å². The predicted octanol–water partition coefficient (Wildman–Crippen LogP) is 6.83. The Morgan fingerprint density at radius 1 is 0.953 bits per heavy atom. The Morgan fingerprint density at radius 3 is 2.19 bits per heavy atom. The van der Waals surface area contributed by atoms with E-state index in [-0.39, 0.29) is 17.3 Å². The molecule has 0 saturated carbocycles. The highest BCUT2D eigenvalue weighted by atomic mass is 32.2. The fraction of sp³-hybridized carbons (Fsp3) is 0.192. The van der Waals surface area contributed by atoms with Gasteiger partial charge in [-0.15, -0.1) is 0 Å². The molecule has 0 aliphatic rings. The maximum atomic E-state index is 12.9. The molecule has 3 N–H and O–H groups in total. The van der Waals surface area contributed by atoms with Gasteiger partial charge in [-0.25, -0.2) is 9.97 Å². The number of ether oxygens (including phenoxy) is 1. The number of H-pyrrole nitrogens is 1. The van der Waals surface area contributed by atoms with Gasteiger partial charge < -0.3 is 19.6 Å². The Hall–Kier alpha value is -4.64. The van der Waals surface area contributed by atoms with E-state index in [1.807, 2.05) is 0 Å². The first-order valence-corrected chi connectivity index (χ1v) is 13.8. The second kappa shape index (κ2) is 11.9. The van der Waals surface area contributed by atoms with E-state index in [0.717, 1.165) is 17.6 Å². The number of hydrogen-bond acceptors (Lipinski definition) is 7. The maximum Gasteiger partial charge on any atom is 0.432 e. The van der Waals surface area contributed by atoms with Gasteiger partial charge in [-0.05, 0) is 49.4 Å². The van der Waals surface area contributed by atoms with E-state index in [0.29, 0.717) is 34.8 Å². The second-order valence-electron chi connectivity index (χ2n) is 8.84. The van der Waals surface area contributed by atoms with Gasteiger partial charge in [0.05, 0.1) is 28.5 Å². The third-order valence-electron chi connectivity index (χ3n) is 5.78. The summed E-state index contributed by atoms with van der Waals surface area (Å²) in [5.41, 5.74) is 0.125. The van der Waals surface area contributed by atoms with Crippen LogP contribution < -0.4 is 10.1 Å². The van der Waals surface area contributed by atoms with Gasteiger partial charge in [0.2, 0.25) is 5.95 Å². The number of anilines is 2. The van der Waals surface area contributed by atoms with E-state index in [2.05, 4.69) is 25.3 Å². The molecule has 3 heterocycles. The molecule has 5 aromatic rings. The van der Waals surface area contributed by atoms with Gasteiger partial charge in [-0.1, -0.05) is 0 Å². The lowest BCUT2D eigenvalue weighted by molar-refractivity contribution is -0.141. The zero-order chi connectivity index (χ0) is 31.6. The number of nitrogens with one attached hydrogen (secondary N) is 2. The lowest BCUT2D eigenvalue weighted by Gasteiger charge is -2.09. The molecule has 0 unspecified atom stereocenters. The van der Waals surface area contributed by atoms with Gasteiger partial charge in [0.15, 0.2) is 5.82 Å². The SMILES string of the molecule is CCS(=O)(=O)O.Cn1c(Nc2ccc(C(F)(F)F)cc2)nc2cc(Oc3ccnc(-c4ncc(C(F)(F)F)[nH]4)c3)ccc21. The van der Waals surface area contributed by atoms with Gasteiger partial charge >= 0.3 is 12.4 Å².